The molecule has 2 N–H and O–H groups in total. The first-order valence-corrected chi connectivity index (χ1v) is 5.41. The van der Waals surface area contributed by atoms with Gasteiger partial charge in [-0.1, -0.05) is 0 Å². The quantitative estimate of drug-likeness (QED) is 0.644. The van der Waals surface area contributed by atoms with Crippen molar-refractivity contribution in [3.05, 3.63) is 0 Å². The van der Waals surface area contributed by atoms with Crippen LogP contribution >= 0.6 is 0 Å². The minimum absolute atomic E-state index is 0.0897. The molecule has 2 unspecified atom stereocenters. The molecule has 2 rings (SSSR count). The van der Waals surface area contributed by atoms with Crippen LogP contribution < -0.4 is 5.73 Å². The fourth-order valence-electron chi connectivity index (χ4n) is 2.17. The minimum Gasteiger partial charge on any atom is -0.379 e. The maximum absolute atomic E-state index is 12.0. The molecule has 0 aliphatic carbocycles. The van der Waals surface area contributed by atoms with Crippen LogP contribution in [0, 0.1) is 5.92 Å². The molecule has 0 aromatic heterocycles. The highest BCUT2D eigenvalue weighted by atomic mass is 16.5. The summed E-state index contributed by atoms with van der Waals surface area (Å²) in [5.74, 6) is 0.114. The maximum atomic E-state index is 12.0. The third kappa shape index (κ3) is 1.91. The Morgan fingerprint density at radius 3 is 2.50 bits per heavy atom. The van der Waals surface area contributed by atoms with E-state index in [1.165, 1.54) is 6.42 Å². The molecule has 0 spiro atoms. The summed E-state index contributed by atoms with van der Waals surface area (Å²) in [6.07, 6.45) is 3.51. The summed E-state index contributed by atoms with van der Waals surface area (Å²) in [4.78, 5) is 13.9. The third-order valence-corrected chi connectivity index (χ3v) is 3.11. The number of amides is 1. The summed E-state index contributed by atoms with van der Waals surface area (Å²) in [5, 5.41) is 0. The molecule has 2 aliphatic heterocycles. The van der Waals surface area contributed by atoms with Crippen LogP contribution in [0.25, 0.3) is 0 Å². The van der Waals surface area contributed by atoms with Gasteiger partial charge in [-0.3, -0.25) is 4.79 Å². The molecule has 1 amide bonds. The van der Waals surface area contributed by atoms with Crippen molar-refractivity contribution < 1.29 is 9.53 Å². The molecule has 2 atom stereocenters. The van der Waals surface area contributed by atoms with Crippen molar-refractivity contribution in [2.75, 3.05) is 26.3 Å². The average molecular weight is 198 g/mol. The first-order chi connectivity index (χ1) is 6.79. The summed E-state index contributed by atoms with van der Waals surface area (Å²) < 4.78 is 5.21. The van der Waals surface area contributed by atoms with Gasteiger partial charge < -0.3 is 15.4 Å². The second-order valence-electron chi connectivity index (χ2n) is 4.19. The van der Waals surface area contributed by atoms with E-state index in [4.69, 9.17) is 10.5 Å². The van der Waals surface area contributed by atoms with Gasteiger partial charge in [0.15, 0.2) is 0 Å². The van der Waals surface area contributed by atoms with E-state index in [0.717, 1.165) is 25.9 Å². The van der Waals surface area contributed by atoms with Crippen molar-refractivity contribution in [1.29, 1.82) is 0 Å². The van der Waals surface area contributed by atoms with Crippen LogP contribution in [0.1, 0.15) is 19.3 Å². The molecule has 4 heteroatoms. The highest BCUT2D eigenvalue weighted by Crippen LogP contribution is 2.18. The van der Waals surface area contributed by atoms with Gasteiger partial charge in [0.05, 0.1) is 19.1 Å². The Balaban J connectivity index is 1.92. The van der Waals surface area contributed by atoms with Crippen molar-refractivity contribution >= 4 is 5.91 Å². The number of rotatable bonds is 1. The zero-order valence-corrected chi connectivity index (χ0v) is 8.45. The Bertz CT molecular complexity index is 214. The van der Waals surface area contributed by atoms with Crippen LogP contribution in [-0.2, 0) is 9.53 Å². The number of nitrogens with two attached hydrogens (primary N) is 1. The number of hydrogen-bond acceptors (Lipinski definition) is 3. The highest BCUT2D eigenvalue weighted by molar-refractivity contribution is 5.80. The van der Waals surface area contributed by atoms with E-state index in [-0.39, 0.29) is 17.9 Å². The lowest BCUT2D eigenvalue weighted by Crippen LogP contribution is -2.45. The normalized spacial score (nSPS) is 33.4. The fourth-order valence-corrected chi connectivity index (χ4v) is 2.17. The Morgan fingerprint density at radius 1 is 1.21 bits per heavy atom. The van der Waals surface area contributed by atoms with Gasteiger partial charge in [0.2, 0.25) is 5.91 Å². The largest absolute Gasteiger partial charge is 0.379 e. The molecular formula is C10H18N2O2. The van der Waals surface area contributed by atoms with Crippen molar-refractivity contribution in [3.63, 3.8) is 0 Å². The van der Waals surface area contributed by atoms with E-state index in [2.05, 4.69) is 0 Å². The van der Waals surface area contributed by atoms with Gasteiger partial charge in [-0.25, -0.2) is 0 Å². The second kappa shape index (κ2) is 4.28. The molecule has 0 radical (unpaired) electrons. The Labute approximate surface area is 84.4 Å². The van der Waals surface area contributed by atoms with Crippen LogP contribution in [0.4, 0.5) is 0 Å². The van der Waals surface area contributed by atoms with Gasteiger partial charge in [-0.05, 0) is 19.3 Å². The maximum Gasteiger partial charge on any atom is 0.229 e. The van der Waals surface area contributed by atoms with Crippen LogP contribution in [0.3, 0.4) is 0 Å². The number of carbonyl (C=O) groups excluding carboxylic acids is 1. The molecule has 2 aliphatic rings. The van der Waals surface area contributed by atoms with E-state index in [9.17, 15) is 4.79 Å². The molecule has 4 nitrogen and oxygen atoms in total. The molecule has 14 heavy (non-hydrogen) atoms. The van der Waals surface area contributed by atoms with Crippen molar-refractivity contribution in [2.45, 2.75) is 25.3 Å². The zero-order chi connectivity index (χ0) is 9.97. The fraction of sp³-hybridized carbons (Fsp3) is 0.900. The van der Waals surface area contributed by atoms with Crippen LogP contribution in [0.2, 0.25) is 0 Å². The molecule has 80 valence electrons. The first kappa shape index (κ1) is 9.93. The predicted octanol–water partition coefficient (Wildman–Crippen LogP) is -0.0274. The van der Waals surface area contributed by atoms with Gasteiger partial charge in [0.1, 0.15) is 0 Å². The number of likely N-dealkylation sites (tertiary alicyclic amines) is 1. The summed E-state index contributed by atoms with van der Waals surface area (Å²) in [7, 11) is 0. The first-order valence-electron chi connectivity index (χ1n) is 5.41. The van der Waals surface area contributed by atoms with E-state index in [1.807, 2.05) is 4.90 Å². The Morgan fingerprint density at radius 2 is 1.93 bits per heavy atom. The van der Waals surface area contributed by atoms with Crippen molar-refractivity contribution in [3.8, 4) is 0 Å². The molecule has 0 saturated carbocycles. The lowest BCUT2D eigenvalue weighted by atomic mass is 10.0. The van der Waals surface area contributed by atoms with Crippen molar-refractivity contribution in [1.82, 2.24) is 4.90 Å². The molecule has 0 aromatic rings. The van der Waals surface area contributed by atoms with E-state index >= 15 is 0 Å². The van der Waals surface area contributed by atoms with Crippen LogP contribution in [0.15, 0.2) is 0 Å². The predicted molar refractivity (Wildman–Crippen MR) is 52.7 cm³/mol. The third-order valence-electron chi connectivity index (χ3n) is 3.11. The lowest BCUT2D eigenvalue weighted by molar-refractivity contribution is -0.136. The van der Waals surface area contributed by atoms with E-state index in [1.54, 1.807) is 0 Å². The summed E-state index contributed by atoms with van der Waals surface area (Å²) in [6.45, 7) is 2.85. The van der Waals surface area contributed by atoms with Gasteiger partial charge in [0.25, 0.3) is 0 Å². The Kier molecular flexibility index (Phi) is 3.03. The van der Waals surface area contributed by atoms with E-state index < -0.39 is 0 Å². The summed E-state index contributed by atoms with van der Waals surface area (Å²) >= 11 is 0. The van der Waals surface area contributed by atoms with Crippen LogP contribution in [0.5, 0.6) is 0 Å². The molecule has 0 bridgehead atoms. The number of carbonyl (C=O) groups is 1. The van der Waals surface area contributed by atoms with Gasteiger partial charge in [0, 0.05) is 19.1 Å². The van der Waals surface area contributed by atoms with Gasteiger partial charge in [-0.2, -0.15) is 0 Å². The molecule has 2 heterocycles. The number of piperidine rings is 1. The summed E-state index contributed by atoms with van der Waals surface area (Å²) in [6, 6.07) is -0.0931. The highest BCUT2D eigenvalue weighted by Gasteiger charge is 2.34. The molecule has 0 aromatic carbocycles. The molecular weight excluding hydrogens is 180 g/mol. The van der Waals surface area contributed by atoms with Gasteiger partial charge >= 0.3 is 0 Å². The standard InChI is InChI=1S/C10H18N2O2/c11-9-7-14-6-8(9)10(13)12-4-2-1-3-5-12/h8-9H,1-7,11H2. The topological polar surface area (TPSA) is 55.6 Å². The minimum atomic E-state index is -0.0931. The van der Waals surface area contributed by atoms with Crippen LogP contribution in [-0.4, -0.2) is 43.2 Å². The smallest absolute Gasteiger partial charge is 0.229 e. The SMILES string of the molecule is NC1COCC1C(=O)N1CCCCC1. The Hall–Kier alpha value is -0.610. The number of ether oxygens (including phenoxy) is 1. The van der Waals surface area contributed by atoms with Gasteiger partial charge in [-0.15, -0.1) is 0 Å². The summed E-state index contributed by atoms with van der Waals surface area (Å²) in [5.41, 5.74) is 5.81. The lowest BCUT2D eigenvalue weighted by Gasteiger charge is -2.29. The van der Waals surface area contributed by atoms with E-state index in [0.29, 0.717) is 13.2 Å². The second-order valence-corrected chi connectivity index (χ2v) is 4.19. The monoisotopic (exact) mass is 198 g/mol. The molecule has 2 saturated heterocycles. The average Bonchev–Trinajstić information content (AvgIpc) is 2.65. The van der Waals surface area contributed by atoms with Crippen molar-refractivity contribution in [2.24, 2.45) is 11.7 Å². The number of hydrogen-bond donors (Lipinski definition) is 1. The molecule has 2 fully saturated rings. The number of nitrogens with zero attached hydrogens (tertiary/aromatic N) is 1. The zero-order valence-electron chi connectivity index (χ0n) is 8.45.